The van der Waals surface area contributed by atoms with Crippen molar-refractivity contribution in [3.05, 3.63) is 52.8 Å². The number of carbonyl (C=O) groups is 1. The van der Waals surface area contributed by atoms with E-state index in [1.54, 1.807) is 4.68 Å². The maximum absolute atomic E-state index is 13.0. The van der Waals surface area contributed by atoms with Crippen LogP contribution in [-0.2, 0) is 16.4 Å². The summed E-state index contributed by atoms with van der Waals surface area (Å²) in [5.41, 5.74) is 3.32. The highest BCUT2D eigenvalue weighted by Crippen LogP contribution is 2.27. The number of nitrogens with one attached hydrogen (secondary N) is 1. The summed E-state index contributed by atoms with van der Waals surface area (Å²) < 4.78 is 25.4. The van der Waals surface area contributed by atoms with Crippen LogP contribution >= 0.6 is 0 Å². The van der Waals surface area contributed by atoms with Gasteiger partial charge in [-0.3, -0.25) is 14.4 Å². The molecule has 4 rings (SSSR count). The molecule has 2 saturated heterocycles. The summed E-state index contributed by atoms with van der Waals surface area (Å²) in [5.74, 6) is 0.202. The molecular formula is C22H30N4O3S. The molecule has 0 radical (unpaired) electrons. The SMILES string of the molecule is Cc1nn(C2CCS(=O)(=O)C2)c(C)c1C(=O)NC1CCN(Cc2ccccc2)CC1. The number of aromatic nitrogens is 2. The highest BCUT2D eigenvalue weighted by atomic mass is 32.2. The summed E-state index contributed by atoms with van der Waals surface area (Å²) in [6, 6.07) is 10.4. The minimum atomic E-state index is -3.00. The maximum atomic E-state index is 13.0. The van der Waals surface area contributed by atoms with Gasteiger partial charge < -0.3 is 5.32 Å². The number of amides is 1. The molecule has 1 aromatic carbocycles. The lowest BCUT2D eigenvalue weighted by molar-refractivity contribution is 0.0907. The molecule has 0 saturated carbocycles. The van der Waals surface area contributed by atoms with Crippen LogP contribution in [0.1, 0.15) is 52.6 Å². The standard InChI is InChI=1S/C22H30N4O3S/c1-16-21(17(2)26(24-16)20-10-13-30(28,29)15-20)22(27)23-19-8-11-25(12-9-19)14-18-6-4-3-5-7-18/h3-7,19-20H,8-15H2,1-2H3,(H,23,27). The maximum Gasteiger partial charge on any atom is 0.255 e. The lowest BCUT2D eigenvalue weighted by Gasteiger charge is -2.32. The summed E-state index contributed by atoms with van der Waals surface area (Å²) in [5, 5.41) is 7.70. The zero-order chi connectivity index (χ0) is 21.3. The molecule has 7 nitrogen and oxygen atoms in total. The molecule has 1 N–H and O–H groups in total. The van der Waals surface area contributed by atoms with Crippen LogP contribution in [-0.4, -0.2) is 59.6 Å². The van der Waals surface area contributed by atoms with E-state index < -0.39 is 9.84 Å². The van der Waals surface area contributed by atoms with Gasteiger partial charge in [-0.1, -0.05) is 30.3 Å². The van der Waals surface area contributed by atoms with Crippen molar-refractivity contribution in [1.82, 2.24) is 20.0 Å². The van der Waals surface area contributed by atoms with Gasteiger partial charge in [0.25, 0.3) is 5.91 Å². The highest BCUT2D eigenvalue weighted by Gasteiger charge is 2.33. The third kappa shape index (κ3) is 4.59. The third-order valence-corrected chi connectivity index (χ3v) is 8.03. The van der Waals surface area contributed by atoms with E-state index in [1.165, 1.54) is 5.56 Å². The quantitative estimate of drug-likeness (QED) is 0.787. The fourth-order valence-electron chi connectivity index (χ4n) is 4.65. The van der Waals surface area contributed by atoms with E-state index in [4.69, 9.17) is 0 Å². The Morgan fingerprint density at radius 1 is 1.13 bits per heavy atom. The van der Waals surface area contributed by atoms with E-state index in [1.807, 2.05) is 19.9 Å². The first-order chi connectivity index (χ1) is 14.3. The smallest absolute Gasteiger partial charge is 0.255 e. The lowest BCUT2D eigenvalue weighted by Crippen LogP contribution is -2.44. The highest BCUT2D eigenvalue weighted by molar-refractivity contribution is 7.91. The van der Waals surface area contributed by atoms with E-state index in [0.29, 0.717) is 17.7 Å². The number of hydrogen-bond donors (Lipinski definition) is 1. The molecule has 2 aliphatic heterocycles. The second kappa shape index (κ2) is 8.51. The number of hydrogen-bond acceptors (Lipinski definition) is 5. The molecule has 8 heteroatoms. The van der Waals surface area contributed by atoms with Crippen molar-refractivity contribution in [1.29, 1.82) is 0 Å². The van der Waals surface area contributed by atoms with E-state index in [9.17, 15) is 13.2 Å². The van der Waals surface area contributed by atoms with E-state index in [2.05, 4.69) is 39.6 Å². The molecule has 2 fully saturated rings. The average Bonchev–Trinajstić information content (AvgIpc) is 3.22. The number of piperidine rings is 1. The summed E-state index contributed by atoms with van der Waals surface area (Å²) in [4.78, 5) is 15.4. The Hall–Kier alpha value is -2.19. The molecule has 30 heavy (non-hydrogen) atoms. The number of benzene rings is 1. The van der Waals surface area contributed by atoms with Crippen LogP contribution in [0.3, 0.4) is 0 Å². The monoisotopic (exact) mass is 430 g/mol. The van der Waals surface area contributed by atoms with Crippen molar-refractivity contribution < 1.29 is 13.2 Å². The fraction of sp³-hybridized carbons (Fsp3) is 0.545. The fourth-order valence-corrected chi connectivity index (χ4v) is 6.34. The molecular weight excluding hydrogens is 400 g/mol. The number of sulfone groups is 1. The van der Waals surface area contributed by atoms with Crippen LogP contribution in [0.15, 0.2) is 30.3 Å². The minimum Gasteiger partial charge on any atom is -0.349 e. The van der Waals surface area contributed by atoms with E-state index >= 15 is 0 Å². The van der Waals surface area contributed by atoms with Gasteiger partial charge in [0.1, 0.15) is 0 Å². The van der Waals surface area contributed by atoms with Crippen molar-refractivity contribution >= 4 is 15.7 Å². The topological polar surface area (TPSA) is 84.3 Å². The van der Waals surface area contributed by atoms with Crippen molar-refractivity contribution in [2.45, 2.75) is 51.7 Å². The first kappa shape index (κ1) is 21.1. The van der Waals surface area contributed by atoms with Crippen molar-refractivity contribution in [3.63, 3.8) is 0 Å². The van der Waals surface area contributed by atoms with Crippen molar-refractivity contribution in [2.24, 2.45) is 0 Å². The van der Waals surface area contributed by atoms with Gasteiger partial charge in [0.05, 0.1) is 28.8 Å². The Labute approximate surface area is 178 Å². The Morgan fingerprint density at radius 2 is 1.83 bits per heavy atom. The molecule has 1 amide bonds. The predicted octanol–water partition coefficient (Wildman–Crippen LogP) is 2.25. The Bertz CT molecular complexity index is 1010. The molecule has 0 spiro atoms. The molecule has 0 bridgehead atoms. The van der Waals surface area contributed by atoms with Gasteiger partial charge in [0.2, 0.25) is 0 Å². The zero-order valence-corrected chi connectivity index (χ0v) is 18.5. The summed E-state index contributed by atoms with van der Waals surface area (Å²) in [7, 11) is -3.00. The molecule has 3 heterocycles. The van der Waals surface area contributed by atoms with Crippen LogP contribution in [0.5, 0.6) is 0 Å². The van der Waals surface area contributed by atoms with Crippen molar-refractivity contribution in [2.75, 3.05) is 24.6 Å². The van der Waals surface area contributed by atoms with Gasteiger partial charge in [-0.15, -0.1) is 0 Å². The Balaban J connectivity index is 1.36. The second-order valence-corrected chi connectivity index (χ2v) is 10.8. The molecule has 0 aliphatic carbocycles. The summed E-state index contributed by atoms with van der Waals surface area (Å²) >= 11 is 0. The zero-order valence-electron chi connectivity index (χ0n) is 17.7. The number of likely N-dealkylation sites (tertiary alicyclic amines) is 1. The number of nitrogens with zero attached hydrogens (tertiary/aromatic N) is 3. The molecule has 1 aromatic heterocycles. The van der Waals surface area contributed by atoms with Gasteiger partial charge in [-0.05, 0) is 38.7 Å². The van der Waals surface area contributed by atoms with Gasteiger partial charge in [-0.2, -0.15) is 5.10 Å². The molecule has 2 aromatic rings. The van der Waals surface area contributed by atoms with Crippen LogP contribution in [0, 0.1) is 13.8 Å². The minimum absolute atomic E-state index is 0.0985. The predicted molar refractivity (Wildman–Crippen MR) is 116 cm³/mol. The normalized spacial score (nSPS) is 22.3. The Morgan fingerprint density at radius 3 is 2.47 bits per heavy atom. The molecule has 1 unspecified atom stereocenters. The van der Waals surface area contributed by atoms with E-state index in [0.717, 1.165) is 38.2 Å². The van der Waals surface area contributed by atoms with Gasteiger partial charge in [0, 0.05) is 31.4 Å². The third-order valence-electron chi connectivity index (χ3n) is 6.28. The van der Waals surface area contributed by atoms with Gasteiger partial charge in [0.15, 0.2) is 9.84 Å². The Kier molecular flexibility index (Phi) is 5.97. The largest absolute Gasteiger partial charge is 0.349 e. The number of carbonyl (C=O) groups excluding carboxylic acids is 1. The van der Waals surface area contributed by atoms with Crippen molar-refractivity contribution in [3.8, 4) is 0 Å². The average molecular weight is 431 g/mol. The van der Waals surface area contributed by atoms with Crippen LogP contribution < -0.4 is 5.32 Å². The van der Waals surface area contributed by atoms with Crippen LogP contribution in [0.25, 0.3) is 0 Å². The lowest BCUT2D eigenvalue weighted by atomic mass is 10.0. The van der Waals surface area contributed by atoms with E-state index in [-0.39, 0.29) is 29.5 Å². The molecule has 1 atom stereocenters. The van der Waals surface area contributed by atoms with Crippen LogP contribution in [0.2, 0.25) is 0 Å². The van der Waals surface area contributed by atoms with Gasteiger partial charge >= 0.3 is 0 Å². The molecule has 162 valence electrons. The van der Waals surface area contributed by atoms with Crippen LogP contribution in [0.4, 0.5) is 0 Å². The first-order valence-electron chi connectivity index (χ1n) is 10.7. The summed E-state index contributed by atoms with van der Waals surface area (Å²) in [6.45, 7) is 6.54. The van der Waals surface area contributed by atoms with Gasteiger partial charge in [-0.25, -0.2) is 8.42 Å². The first-order valence-corrected chi connectivity index (χ1v) is 12.5. The number of rotatable bonds is 5. The molecule has 2 aliphatic rings. The second-order valence-electron chi connectivity index (χ2n) is 8.56. The number of aryl methyl sites for hydroxylation is 1. The summed E-state index contributed by atoms with van der Waals surface area (Å²) in [6.07, 6.45) is 2.41.